The summed E-state index contributed by atoms with van der Waals surface area (Å²) in [6.45, 7) is 0. The maximum atomic E-state index is 13.3. The topological polar surface area (TPSA) is 87.3 Å². The zero-order valence-corrected chi connectivity index (χ0v) is 17.1. The predicted octanol–water partition coefficient (Wildman–Crippen LogP) is 5.13. The quantitative estimate of drug-likeness (QED) is 0.322. The Bertz CT molecular complexity index is 1380. The molecule has 1 heterocycles. The van der Waals surface area contributed by atoms with E-state index in [-0.39, 0.29) is 22.2 Å². The van der Waals surface area contributed by atoms with Crippen LogP contribution in [0.5, 0.6) is 5.75 Å². The molecule has 0 fully saturated rings. The number of nitrogens with zero attached hydrogens (tertiary/aromatic N) is 3. The van der Waals surface area contributed by atoms with Gasteiger partial charge in [-0.2, -0.15) is 0 Å². The lowest BCUT2D eigenvalue weighted by Gasteiger charge is -2.12. The second-order valence-corrected chi connectivity index (χ2v) is 7.06. The van der Waals surface area contributed by atoms with Crippen LogP contribution in [0.4, 0.5) is 5.69 Å². The maximum absolute atomic E-state index is 13.3. The van der Waals surface area contributed by atoms with E-state index in [0.717, 1.165) is 11.3 Å². The van der Waals surface area contributed by atoms with Crippen LogP contribution in [0.2, 0.25) is 5.02 Å². The van der Waals surface area contributed by atoms with E-state index in [2.05, 4.69) is 4.98 Å². The third kappa shape index (κ3) is 4.04. The summed E-state index contributed by atoms with van der Waals surface area (Å²) < 4.78 is 6.39. The fraction of sp³-hybridized carbons (Fsp3) is 0.0435. The number of nitro groups is 1. The SMILES string of the molecule is COc1ccc(C=Cc2nc3ccccc3c(=O)n2-c2ccc(Cl)cc2[N+](=O)[O-])cc1. The highest BCUT2D eigenvalue weighted by Gasteiger charge is 2.20. The van der Waals surface area contributed by atoms with E-state index in [1.807, 2.05) is 24.3 Å². The molecule has 8 heteroatoms. The van der Waals surface area contributed by atoms with Gasteiger partial charge in [0.15, 0.2) is 0 Å². The highest BCUT2D eigenvalue weighted by molar-refractivity contribution is 6.30. The van der Waals surface area contributed by atoms with Gasteiger partial charge >= 0.3 is 0 Å². The Labute approximate surface area is 182 Å². The summed E-state index contributed by atoms with van der Waals surface area (Å²) >= 11 is 5.96. The number of benzene rings is 3. The summed E-state index contributed by atoms with van der Waals surface area (Å²) in [6, 6.07) is 18.4. The van der Waals surface area contributed by atoms with Gasteiger partial charge in [-0.1, -0.05) is 41.9 Å². The molecule has 4 aromatic rings. The number of halogens is 1. The molecule has 0 spiro atoms. The minimum atomic E-state index is -0.570. The highest BCUT2D eigenvalue weighted by atomic mass is 35.5. The van der Waals surface area contributed by atoms with Crippen molar-refractivity contribution in [3.8, 4) is 11.4 Å². The Kier molecular flexibility index (Phi) is 5.51. The van der Waals surface area contributed by atoms with Crippen LogP contribution >= 0.6 is 11.6 Å². The standard InChI is InChI=1S/C23H16ClN3O4/c1-31-17-10-6-15(7-11-17)8-13-22-25-19-5-3-2-4-18(19)23(28)26(22)20-12-9-16(24)14-21(20)27(29)30/h2-14H,1H3. The van der Waals surface area contributed by atoms with E-state index < -0.39 is 10.5 Å². The molecule has 3 aromatic carbocycles. The molecule has 31 heavy (non-hydrogen) atoms. The molecule has 0 saturated carbocycles. The van der Waals surface area contributed by atoms with Crippen LogP contribution in [0.25, 0.3) is 28.7 Å². The molecular formula is C23H16ClN3O4. The van der Waals surface area contributed by atoms with Crippen molar-refractivity contribution in [2.24, 2.45) is 0 Å². The van der Waals surface area contributed by atoms with Crippen LogP contribution in [0.3, 0.4) is 0 Å². The number of methoxy groups -OCH3 is 1. The summed E-state index contributed by atoms with van der Waals surface area (Å²) in [6.07, 6.45) is 3.42. The second kappa shape index (κ2) is 8.41. The van der Waals surface area contributed by atoms with Crippen molar-refractivity contribution < 1.29 is 9.66 Å². The Balaban J connectivity index is 1.96. The van der Waals surface area contributed by atoms with Gasteiger partial charge in [0.05, 0.1) is 22.9 Å². The van der Waals surface area contributed by atoms with Crippen LogP contribution in [0, 0.1) is 10.1 Å². The summed E-state index contributed by atoms with van der Waals surface area (Å²) in [5, 5.41) is 12.2. The van der Waals surface area contributed by atoms with Gasteiger partial charge < -0.3 is 4.74 Å². The van der Waals surface area contributed by atoms with Crippen molar-refractivity contribution in [1.82, 2.24) is 9.55 Å². The minimum Gasteiger partial charge on any atom is -0.497 e. The first kappa shape index (κ1) is 20.3. The number of para-hydroxylation sites is 1. The van der Waals surface area contributed by atoms with E-state index in [0.29, 0.717) is 10.9 Å². The van der Waals surface area contributed by atoms with E-state index in [1.54, 1.807) is 43.5 Å². The van der Waals surface area contributed by atoms with Crippen LogP contribution < -0.4 is 10.3 Å². The normalized spacial score (nSPS) is 11.2. The summed E-state index contributed by atoms with van der Waals surface area (Å²) in [5.41, 5.74) is 0.735. The van der Waals surface area contributed by atoms with E-state index in [1.165, 1.54) is 22.8 Å². The van der Waals surface area contributed by atoms with Crippen LogP contribution in [-0.4, -0.2) is 21.6 Å². The van der Waals surface area contributed by atoms with Crippen molar-refractivity contribution in [3.63, 3.8) is 0 Å². The number of nitro benzene ring substituents is 1. The number of hydrogen-bond donors (Lipinski definition) is 0. The van der Waals surface area contributed by atoms with Gasteiger partial charge in [-0.15, -0.1) is 0 Å². The van der Waals surface area contributed by atoms with Crippen molar-refractivity contribution in [3.05, 3.63) is 104 Å². The van der Waals surface area contributed by atoms with Crippen molar-refractivity contribution in [2.45, 2.75) is 0 Å². The fourth-order valence-electron chi connectivity index (χ4n) is 3.21. The molecular weight excluding hydrogens is 418 g/mol. The van der Waals surface area contributed by atoms with Crippen LogP contribution in [0.15, 0.2) is 71.5 Å². The first-order valence-corrected chi connectivity index (χ1v) is 9.64. The largest absolute Gasteiger partial charge is 0.497 e. The molecule has 0 saturated heterocycles. The lowest BCUT2D eigenvalue weighted by Crippen LogP contribution is -2.23. The van der Waals surface area contributed by atoms with Gasteiger partial charge in [0.25, 0.3) is 11.2 Å². The first-order valence-electron chi connectivity index (χ1n) is 9.26. The smallest absolute Gasteiger partial charge is 0.294 e. The zero-order valence-electron chi connectivity index (χ0n) is 16.4. The molecule has 1 aromatic heterocycles. The molecule has 0 bridgehead atoms. The third-order valence-corrected chi connectivity index (χ3v) is 4.95. The molecule has 7 nitrogen and oxygen atoms in total. The lowest BCUT2D eigenvalue weighted by molar-refractivity contribution is -0.384. The summed E-state index contributed by atoms with van der Waals surface area (Å²) in [4.78, 5) is 29.0. The Morgan fingerprint density at radius 1 is 1.06 bits per heavy atom. The van der Waals surface area contributed by atoms with Gasteiger partial charge in [0.2, 0.25) is 0 Å². The molecule has 154 valence electrons. The molecule has 0 radical (unpaired) electrons. The number of ether oxygens (including phenoxy) is 1. The average molecular weight is 434 g/mol. The molecule has 0 aliphatic heterocycles. The van der Waals surface area contributed by atoms with Gasteiger partial charge in [0.1, 0.15) is 17.3 Å². The van der Waals surface area contributed by atoms with Gasteiger partial charge in [0, 0.05) is 11.1 Å². The van der Waals surface area contributed by atoms with E-state index >= 15 is 0 Å². The molecule has 0 atom stereocenters. The zero-order chi connectivity index (χ0) is 22.0. The van der Waals surface area contributed by atoms with Gasteiger partial charge in [-0.3, -0.25) is 19.5 Å². The summed E-state index contributed by atoms with van der Waals surface area (Å²) in [5.74, 6) is 0.972. The Hall–Kier alpha value is -3.97. The summed E-state index contributed by atoms with van der Waals surface area (Å²) in [7, 11) is 1.58. The number of rotatable bonds is 5. The van der Waals surface area contributed by atoms with Crippen molar-refractivity contribution in [2.75, 3.05) is 7.11 Å². The Morgan fingerprint density at radius 2 is 1.81 bits per heavy atom. The monoisotopic (exact) mass is 433 g/mol. The number of aromatic nitrogens is 2. The van der Waals surface area contributed by atoms with E-state index in [4.69, 9.17) is 16.3 Å². The van der Waals surface area contributed by atoms with Gasteiger partial charge in [-0.25, -0.2) is 4.98 Å². The van der Waals surface area contributed by atoms with Crippen molar-refractivity contribution in [1.29, 1.82) is 0 Å². The van der Waals surface area contributed by atoms with Crippen molar-refractivity contribution >= 4 is 40.3 Å². The first-order chi connectivity index (χ1) is 15.0. The Morgan fingerprint density at radius 3 is 2.52 bits per heavy atom. The molecule has 0 aliphatic rings. The van der Waals surface area contributed by atoms with E-state index in [9.17, 15) is 14.9 Å². The number of fused-ring (bicyclic) bond motifs is 1. The minimum absolute atomic E-state index is 0.0898. The predicted molar refractivity (Wildman–Crippen MR) is 121 cm³/mol. The molecule has 0 amide bonds. The second-order valence-electron chi connectivity index (χ2n) is 6.62. The molecule has 0 N–H and O–H groups in total. The van der Waals surface area contributed by atoms with Crippen LogP contribution in [-0.2, 0) is 0 Å². The lowest BCUT2D eigenvalue weighted by atomic mass is 10.2. The fourth-order valence-corrected chi connectivity index (χ4v) is 3.38. The molecule has 0 aliphatic carbocycles. The third-order valence-electron chi connectivity index (χ3n) is 4.72. The average Bonchev–Trinajstić information content (AvgIpc) is 2.78. The highest BCUT2D eigenvalue weighted by Crippen LogP contribution is 2.27. The molecule has 4 rings (SSSR count). The maximum Gasteiger partial charge on any atom is 0.294 e. The van der Waals surface area contributed by atoms with Gasteiger partial charge in [-0.05, 0) is 48.0 Å². The van der Waals surface area contributed by atoms with Crippen LogP contribution in [0.1, 0.15) is 11.4 Å². The molecule has 0 unspecified atom stereocenters. The number of hydrogen-bond acceptors (Lipinski definition) is 5.